The number of hydrogen-bond acceptors (Lipinski definition) is 4. The van der Waals surface area contributed by atoms with Gasteiger partial charge in [0.15, 0.2) is 0 Å². The molecule has 0 aliphatic carbocycles. The standard InChI is InChI=1S/C14H17N3O/c1-10(15)12-5-3-4-6-14(12)18-11(2)13-9-16-7-8-17-13/h3-11H,15H2,1-2H3. The van der Waals surface area contributed by atoms with Crippen LogP contribution in [0.2, 0.25) is 0 Å². The Hall–Kier alpha value is -1.94. The van der Waals surface area contributed by atoms with Crippen molar-refractivity contribution in [3.8, 4) is 5.75 Å². The Balaban J connectivity index is 2.19. The molecule has 2 N–H and O–H groups in total. The topological polar surface area (TPSA) is 61.0 Å². The first kappa shape index (κ1) is 12.5. The second-order valence-electron chi connectivity index (χ2n) is 4.22. The third-order valence-electron chi connectivity index (χ3n) is 2.71. The van der Waals surface area contributed by atoms with E-state index in [0.717, 1.165) is 17.0 Å². The van der Waals surface area contributed by atoms with Crippen LogP contribution in [0.4, 0.5) is 0 Å². The molecule has 0 saturated heterocycles. The van der Waals surface area contributed by atoms with Crippen molar-refractivity contribution in [2.45, 2.75) is 26.0 Å². The van der Waals surface area contributed by atoms with Crippen LogP contribution in [0.25, 0.3) is 0 Å². The minimum atomic E-state index is -0.154. The lowest BCUT2D eigenvalue weighted by Gasteiger charge is -2.18. The molecule has 2 aromatic rings. The van der Waals surface area contributed by atoms with E-state index in [-0.39, 0.29) is 12.1 Å². The Labute approximate surface area is 107 Å². The van der Waals surface area contributed by atoms with Gasteiger partial charge in [0, 0.05) is 24.0 Å². The van der Waals surface area contributed by atoms with E-state index < -0.39 is 0 Å². The van der Waals surface area contributed by atoms with Crippen molar-refractivity contribution in [3.05, 3.63) is 54.1 Å². The van der Waals surface area contributed by atoms with Gasteiger partial charge in [-0.15, -0.1) is 0 Å². The molecule has 0 aliphatic rings. The second-order valence-corrected chi connectivity index (χ2v) is 4.22. The van der Waals surface area contributed by atoms with Crippen molar-refractivity contribution in [2.24, 2.45) is 5.73 Å². The van der Waals surface area contributed by atoms with Crippen LogP contribution in [0.3, 0.4) is 0 Å². The molecule has 1 aromatic carbocycles. The smallest absolute Gasteiger partial charge is 0.139 e. The van der Waals surface area contributed by atoms with E-state index in [1.54, 1.807) is 18.6 Å². The zero-order valence-corrected chi connectivity index (χ0v) is 10.6. The summed E-state index contributed by atoms with van der Waals surface area (Å²) in [5.41, 5.74) is 7.72. The molecule has 0 bridgehead atoms. The summed E-state index contributed by atoms with van der Waals surface area (Å²) in [6.45, 7) is 3.89. The highest BCUT2D eigenvalue weighted by molar-refractivity contribution is 5.35. The molecule has 0 saturated carbocycles. The first-order valence-corrected chi connectivity index (χ1v) is 5.95. The van der Waals surface area contributed by atoms with Crippen molar-refractivity contribution in [3.63, 3.8) is 0 Å². The summed E-state index contributed by atoms with van der Waals surface area (Å²) >= 11 is 0. The maximum atomic E-state index is 5.92. The number of ether oxygens (including phenoxy) is 1. The molecular formula is C14H17N3O. The number of hydrogen-bond donors (Lipinski definition) is 1. The molecule has 2 unspecified atom stereocenters. The van der Waals surface area contributed by atoms with E-state index in [2.05, 4.69) is 9.97 Å². The zero-order chi connectivity index (χ0) is 13.0. The number of benzene rings is 1. The summed E-state index contributed by atoms with van der Waals surface area (Å²) in [7, 11) is 0. The molecule has 94 valence electrons. The summed E-state index contributed by atoms with van der Waals surface area (Å²) in [6.07, 6.45) is 4.86. The van der Waals surface area contributed by atoms with Gasteiger partial charge < -0.3 is 10.5 Å². The minimum absolute atomic E-state index is 0.0599. The molecule has 18 heavy (non-hydrogen) atoms. The number of nitrogens with zero attached hydrogens (tertiary/aromatic N) is 2. The molecule has 2 rings (SSSR count). The fraction of sp³-hybridized carbons (Fsp3) is 0.286. The molecular weight excluding hydrogens is 226 g/mol. The van der Waals surface area contributed by atoms with Crippen LogP contribution in [-0.4, -0.2) is 9.97 Å². The van der Waals surface area contributed by atoms with Crippen molar-refractivity contribution in [2.75, 3.05) is 0 Å². The van der Waals surface area contributed by atoms with E-state index in [4.69, 9.17) is 10.5 Å². The average Bonchev–Trinajstić information content (AvgIpc) is 2.40. The third-order valence-corrected chi connectivity index (χ3v) is 2.71. The molecule has 4 nitrogen and oxygen atoms in total. The molecule has 0 aliphatic heterocycles. The molecule has 1 heterocycles. The summed E-state index contributed by atoms with van der Waals surface area (Å²) in [5.74, 6) is 0.797. The van der Waals surface area contributed by atoms with Gasteiger partial charge >= 0.3 is 0 Å². The molecule has 0 amide bonds. The third kappa shape index (κ3) is 2.84. The highest BCUT2D eigenvalue weighted by Gasteiger charge is 2.13. The van der Waals surface area contributed by atoms with Crippen LogP contribution in [0.1, 0.15) is 37.3 Å². The maximum absolute atomic E-state index is 5.92. The second kappa shape index (κ2) is 5.60. The molecule has 1 aromatic heterocycles. The van der Waals surface area contributed by atoms with Crippen molar-refractivity contribution in [1.29, 1.82) is 0 Å². The van der Waals surface area contributed by atoms with Crippen LogP contribution in [0, 0.1) is 0 Å². The summed E-state index contributed by atoms with van der Waals surface area (Å²) in [5, 5.41) is 0. The first-order valence-electron chi connectivity index (χ1n) is 5.95. The quantitative estimate of drug-likeness (QED) is 0.896. The Bertz CT molecular complexity index is 499. The highest BCUT2D eigenvalue weighted by Crippen LogP contribution is 2.27. The van der Waals surface area contributed by atoms with Crippen LogP contribution in [0.15, 0.2) is 42.9 Å². The molecule has 2 atom stereocenters. The maximum Gasteiger partial charge on any atom is 0.139 e. The minimum Gasteiger partial charge on any atom is -0.484 e. The molecule has 0 spiro atoms. The Morgan fingerprint density at radius 2 is 1.94 bits per heavy atom. The first-order chi connectivity index (χ1) is 8.68. The fourth-order valence-electron chi connectivity index (χ4n) is 1.74. The number of nitrogens with two attached hydrogens (primary N) is 1. The predicted octanol–water partition coefficient (Wildman–Crippen LogP) is 2.64. The largest absolute Gasteiger partial charge is 0.484 e. The Morgan fingerprint density at radius 3 is 2.61 bits per heavy atom. The zero-order valence-electron chi connectivity index (χ0n) is 10.6. The molecule has 0 radical (unpaired) electrons. The van der Waals surface area contributed by atoms with Gasteiger partial charge in [-0.2, -0.15) is 0 Å². The van der Waals surface area contributed by atoms with Gasteiger partial charge in [0.1, 0.15) is 11.9 Å². The van der Waals surface area contributed by atoms with E-state index in [0.29, 0.717) is 0 Å². The van der Waals surface area contributed by atoms with Crippen LogP contribution in [0.5, 0.6) is 5.75 Å². The van der Waals surface area contributed by atoms with Crippen LogP contribution >= 0.6 is 0 Å². The predicted molar refractivity (Wildman–Crippen MR) is 70.1 cm³/mol. The van der Waals surface area contributed by atoms with Gasteiger partial charge in [-0.25, -0.2) is 0 Å². The number of para-hydroxylation sites is 1. The monoisotopic (exact) mass is 243 g/mol. The highest BCUT2D eigenvalue weighted by atomic mass is 16.5. The van der Waals surface area contributed by atoms with Gasteiger partial charge in [-0.05, 0) is 19.9 Å². The Morgan fingerprint density at radius 1 is 1.17 bits per heavy atom. The Kier molecular flexibility index (Phi) is 3.89. The van der Waals surface area contributed by atoms with E-state index in [1.807, 2.05) is 38.1 Å². The van der Waals surface area contributed by atoms with Crippen LogP contribution in [-0.2, 0) is 0 Å². The van der Waals surface area contributed by atoms with Gasteiger partial charge in [0.25, 0.3) is 0 Å². The summed E-state index contributed by atoms with van der Waals surface area (Å²) in [6, 6.07) is 7.73. The molecule has 0 fully saturated rings. The summed E-state index contributed by atoms with van der Waals surface area (Å²) in [4.78, 5) is 8.27. The average molecular weight is 243 g/mol. The number of rotatable bonds is 4. The van der Waals surface area contributed by atoms with E-state index >= 15 is 0 Å². The van der Waals surface area contributed by atoms with Crippen molar-refractivity contribution < 1.29 is 4.74 Å². The van der Waals surface area contributed by atoms with Gasteiger partial charge in [-0.3, -0.25) is 9.97 Å². The molecule has 4 heteroatoms. The fourth-order valence-corrected chi connectivity index (χ4v) is 1.74. The normalized spacial score (nSPS) is 13.9. The summed E-state index contributed by atoms with van der Waals surface area (Å²) < 4.78 is 5.91. The lowest BCUT2D eigenvalue weighted by atomic mass is 10.1. The van der Waals surface area contributed by atoms with Gasteiger partial charge in [0.2, 0.25) is 0 Å². The van der Waals surface area contributed by atoms with E-state index in [1.165, 1.54) is 0 Å². The van der Waals surface area contributed by atoms with E-state index in [9.17, 15) is 0 Å². The van der Waals surface area contributed by atoms with Crippen molar-refractivity contribution in [1.82, 2.24) is 9.97 Å². The number of aromatic nitrogens is 2. The van der Waals surface area contributed by atoms with Crippen LogP contribution < -0.4 is 10.5 Å². The van der Waals surface area contributed by atoms with Crippen molar-refractivity contribution >= 4 is 0 Å². The lowest BCUT2D eigenvalue weighted by molar-refractivity contribution is 0.218. The van der Waals surface area contributed by atoms with Gasteiger partial charge in [-0.1, -0.05) is 18.2 Å². The SMILES string of the molecule is CC(N)c1ccccc1OC(C)c1cnccn1. The lowest BCUT2D eigenvalue weighted by Crippen LogP contribution is -2.11. The van der Waals surface area contributed by atoms with Gasteiger partial charge in [0.05, 0.1) is 11.9 Å².